The molecule has 0 fully saturated rings. The van der Waals surface area contributed by atoms with Gasteiger partial charge in [-0.25, -0.2) is 0 Å². The summed E-state index contributed by atoms with van der Waals surface area (Å²) in [5.74, 6) is 2.44. The topological polar surface area (TPSA) is 30.5 Å². The van der Waals surface area contributed by atoms with Crippen LogP contribution >= 0.6 is 0 Å². The van der Waals surface area contributed by atoms with E-state index >= 15 is 0 Å². The lowest BCUT2D eigenvalue weighted by Gasteiger charge is -2.14. The van der Waals surface area contributed by atoms with Crippen LogP contribution in [0.5, 0.6) is 11.5 Å². The first-order valence-electron chi connectivity index (χ1n) is 7.17. The van der Waals surface area contributed by atoms with Crippen molar-refractivity contribution in [3.63, 3.8) is 0 Å². The Morgan fingerprint density at radius 2 is 2.05 bits per heavy atom. The van der Waals surface area contributed by atoms with E-state index in [1.165, 1.54) is 5.56 Å². The summed E-state index contributed by atoms with van der Waals surface area (Å²) in [5.41, 5.74) is 1.19. The normalized spacial score (nSPS) is 10.8. The van der Waals surface area contributed by atoms with Crippen molar-refractivity contribution in [2.75, 3.05) is 20.3 Å². The maximum atomic E-state index is 5.86. The smallest absolute Gasteiger partial charge is 0.127 e. The maximum absolute atomic E-state index is 5.86. The minimum Gasteiger partial charge on any atom is -0.497 e. The van der Waals surface area contributed by atoms with E-state index in [9.17, 15) is 0 Å². The van der Waals surface area contributed by atoms with Crippen molar-refractivity contribution in [1.29, 1.82) is 0 Å². The van der Waals surface area contributed by atoms with Crippen LogP contribution in [-0.2, 0) is 6.54 Å². The fourth-order valence-electron chi connectivity index (χ4n) is 1.76. The fraction of sp³-hybridized carbons (Fsp3) is 0.625. The lowest BCUT2D eigenvalue weighted by Crippen LogP contribution is -2.19. The zero-order chi connectivity index (χ0) is 14.1. The van der Waals surface area contributed by atoms with Gasteiger partial charge in [0.25, 0.3) is 0 Å². The molecule has 108 valence electrons. The quantitative estimate of drug-likeness (QED) is 0.692. The molecule has 1 rings (SSSR count). The Morgan fingerprint density at radius 1 is 1.26 bits per heavy atom. The molecule has 0 saturated carbocycles. The van der Waals surface area contributed by atoms with E-state index in [0.29, 0.717) is 5.92 Å². The standard InChI is InChI=1S/C16H27NO2/c1-5-6-9-19-16-10-15(18-4)8-7-14(16)12-17-11-13(2)3/h7-8,10,13,17H,5-6,9,11-12H2,1-4H3. The highest BCUT2D eigenvalue weighted by atomic mass is 16.5. The van der Waals surface area contributed by atoms with E-state index < -0.39 is 0 Å². The Morgan fingerprint density at radius 3 is 2.68 bits per heavy atom. The molecule has 0 aromatic heterocycles. The zero-order valence-electron chi connectivity index (χ0n) is 12.7. The Kier molecular flexibility index (Phi) is 7.34. The number of hydrogen-bond acceptors (Lipinski definition) is 3. The largest absolute Gasteiger partial charge is 0.497 e. The van der Waals surface area contributed by atoms with Crippen molar-refractivity contribution in [3.05, 3.63) is 23.8 Å². The summed E-state index contributed by atoms with van der Waals surface area (Å²) in [6.07, 6.45) is 2.22. The summed E-state index contributed by atoms with van der Waals surface area (Å²) in [4.78, 5) is 0. The number of unbranched alkanes of at least 4 members (excludes halogenated alkanes) is 1. The van der Waals surface area contributed by atoms with Gasteiger partial charge in [-0.1, -0.05) is 33.3 Å². The summed E-state index contributed by atoms with van der Waals surface area (Å²) in [6.45, 7) is 9.20. The second-order valence-corrected chi connectivity index (χ2v) is 5.20. The maximum Gasteiger partial charge on any atom is 0.127 e. The average molecular weight is 265 g/mol. The molecule has 0 radical (unpaired) electrons. The molecule has 1 aromatic rings. The van der Waals surface area contributed by atoms with Crippen LogP contribution in [0, 0.1) is 5.92 Å². The predicted molar refractivity (Wildman–Crippen MR) is 79.9 cm³/mol. The van der Waals surface area contributed by atoms with E-state index in [1.807, 2.05) is 12.1 Å². The number of benzene rings is 1. The van der Waals surface area contributed by atoms with Crippen LogP contribution in [0.2, 0.25) is 0 Å². The number of ether oxygens (including phenoxy) is 2. The first-order valence-corrected chi connectivity index (χ1v) is 7.17. The van der Waals surface area contributed by atoms with Crippen molar-refractivity contribution in [2.24, 2.45) is 5.92 Å². The van der Waals surface area contributed by atoms with Crippen molar-refractivity contribution < 1.29 is 9.47 Å². The second kappa shape index (κ2) is 8.81. The van der Waals surface area contributed by atoms with Gasteiger partial charge < -0.3 is 14.8 Å². The zero-order valence-corrected chi connectivity index (χ0v) is 12.7. The highest BCUT2D eigenvalue weighted by Gasteiger charge is 2.06. The minimum atomic E-state index is 0.655. The Bertz CT molecular complexity index is 364. The average Bonchev–Trinajstić information content (AvgIpc) is 2.40. The lowest BCUT2D eigenvalue weighted by molar-refractivity contribution is 0.303. The molecule has 1 N–H and O–H groups in total. The van der Waals surface area contributed by atoms with Crippen molar-refractivity contribution in [1.82, 2.24) is 5.32 Å². The van der Waals surface area contributed by atoms with Crippen LogP contribution in [0.25, 0.3) is 0 Å². The van der Waals surface area contributed by atoms with Gasteiger partial charge in [-0.2, -0.15) is 0 Å². The van der Waals surface area contributed by atoms with Crippen molar-refractivity contribution in [2.45, 2.75) is 40.2 Å². The highest BCUT2D eigenvalue weighted by Crippen LogP contribution is 2.25. The molecule has 3 nitrogen and oxygen atoms in total. The minimum absolute atomic E-state index is 0.655. The third-order valence-electron chi connectivity index (χ3n) is 2.90. The second-order valence-electron chi connectivity index (χ2n) is 5.20. The third kappa shape index (κ3) is 5.97. The van der Waals surface area contributed by atoms with E-state index in [2.05, 4.69) is 32.2 Å². The third-order valence-corrected chi connectivity index (χ3v) is 2.90. The van der Waals surface area contributed by atoms with E-state index in [-0.39, 0.29) is 0 Å². The van der Waals surface area contributed by atoms with Crippen LogP contribution in [0.15, 0.2) is 18.2 Å². The van der Waals surface area contributed by atoms with Crippen LogP contribution < -0.4 is 14.8 Å². The van der Waals surface area contributed by atoms with E-state index in [0.717, 1.165) is 44.0 Å². The van der Waals surface area contributed by atoms with Gasteiger partial charge in [0.1, 0.15) is 11.5 Å². The van der Waals surface area contributed by atoms with Gasteiger partial charge in [-0.05, 0) is 24.9 Å². The van der Waals surface area contributed by atoms with Crippen LogP contribution in [-0.4, -0.2) is 20.3 Å². The molecule has 0 saturated heterocycles. The number of methoxy groups -OCH3 is 1. The van der Waals surface area contributed by atoms with Gasteiger partial charge in [0.2, 0.25) is 0 Å². The Hall–Kier alpha value is -1.22. The summed E-state index contributed by atoms with van der Waals surface area (Å²) in [5, 5.41) is 3.45. The predicted octanol–water partition coefficient (Wildman–Crippen LogP) is 3.62. The molecular weight excluding hydrogens is 238 g/mol. The molecule has 0 atom stereocenters. The lowest BCUT2D eigenvalue weighted by atomic mass is 10.1. The molecule has 0 unspecified atom stereocenters. The van der Waals surface area contributed by atoms with Gasteiger partial charge in [0.05, 0.1) is 13.7 Å². The van der Waals surface area contributed by atoms with Gasteiger partial charge >= 0.3 is 0 Å². The number of hydrogen-bond donors (Lipinski definition) is 1. The Labute approximate surface area is 117 Å². The SMILES string of the molecule is CCCCOc1cc(OC)ccc1CNCC(C)C. The van der Waals surface area contributed by atoms with Crippen molar-refractivity contribution >= 4 is 0 Å². The van der Waals surface area contributed by atoms with Crippen LogP contribution in [0.4, 0.5) is 0 Å². The number of rotatable bonds is 9. The molecule has 19 heavy (non-hydrogen) atoms. The van der Waals surface area contributed by atoms with Gasteiger partial charge in [-0.3, -0.25) is 0 Å². The van der Waals surface area contributed by atoms with Gasteiger partial charge in [0, 0.05) is 18.2 Å². The molecule has 0 aliphatic rings. The highest BCUT2D eigenvalue weighted by molar-refractivity contribution is 5.40. The van der Waals surface area contributed by atoms with Crippen molar-refractivity contribution in [3.8, 4) is 11.5 Å². The summed E-state index contributed by atoms with van der Waals surface area (Å²) in [7, 11) is 1.68. The van der Waals surface area contributed by atoms with E-state index in [1.54, 1.807) is 7.11 Å². The fourth-order valence-corrected chi connectivity index (χ4v) is 1.76. The number of nitrogens with one attached hydrogen (secondary N) is 1. The summed E-state index contributed by atoms with van der Waals surface area (Å²) < 4.78 is 11.1. The molecular formula is C16H27NO2. The molecule has 0 spiro atoms. The summed E-state index contributed by atoms with van der Waals surface area (Å²) in [6, 6.07) is 6.04. The van der Waals surface area contributed by atoms with Gasteiger partial charge in [-0.15, -0.1) is 0 Å². The van der Waals surface area contributed by atoms with Crippen LogP contribution in [0.1, 0.15) is 39.2 Å². The molecule has 0 amide bonds. The van der Waals surface area contributed by atoms with E-state index in [4.69, 9.17) is 9.47 Å². The summed E-state index contributed by atoms with van der Waals surface area (Å²) >= 11 is 0. The first kappa shape index (κ1) is 15.8. The van der Waals surface area contributed by atoms with Gasteiger partial charge in [0.15, 0.2) is 0 Å². The Balaban J connectivity index is 2.65. The molecule has 1 aromatic carbocycles. The molecule has 0 aliphatic carbocycles. The first-order chi connectivity index (χ1) is 9.17. The molecule has 0 bridgehead atoms. The molecule has 0 heterocycles. The molecule has 0 aliphatic heterocycles. The molecule has 3 heteroatoms. The monoisotopic (exact) mass is 265 g/mol. The van der Waals surface area contributed by atoms with Crippen LogP contribution in [0.3, 0.4) is 0 Å².